The minimum absolute atomic E-state index is 0.172. The molecule has 1 aromatic rings. The number of rotatable bonds is 3. The first-order valence-corrected chi connectivity index (χ1v) is 9.07. The Labute approximate surface area is 139 Å². The van der Waals surface area contributed by atoms with Crippen LogP contribution in [0.5, 0.6) is 0 Å². The lowest BCUT2D eigenvalue weighted by Gasteiger charge is -2.48. The minimum Gasteiger partial charge on any atom is -0.453 e. The maximum atomic E-state index is 12.5. The molecule has 2 aliphatic heterocycles. The molecule has 2 amide bonds. The summed E-state index contributed by atoms with van der Waals surface area (Å²) in [6, 6.07) is -0.345. The number of amides is 2. The van der Waals surface area contributed by atoms with Crippen molar-refractivity contribution >= 4 is 22.0 Å². The average molecular weight is 357 g/mol. The molecule has 0 aromatic carbocycles. The van der Waals surface area contributed by atoms with E-state index in [1.807, 2.05) is 0 Å². The molecule has 4 rings (SSSR count). The van der Waals surface area contributed by atoms with E-state index in [4.69, 9.17) is 4.74 Å². The summed E-state index contributed by atoms with van der Waals surface area (Å²) in [5.41, 5.74) is 0. The van der Waals surface area contributed by atoms with Crippen LogP contribution in [0.2, 0.25) is 0 Å². The van der Waals surface area contributed by atoms with Gasteiger partial charge in [0.2, 0.25) is 5.91 Å². The molecule has 2 bridgehead atoms. The quantitative estimate of drug-likeness (QED) is 0.772. The van der Waals surface area contributed by atoms with Gasteiger partial charge in [0.1, 0.15) is 0 Å². The van der Waals surface area contributed by atoms with E-state index >= 15 is 0 Å². The molecule has 3 atom stereocenters. The number of aryl methyl sites for hydroxylation is 1. The van der Waals surface area contributed by atoms with Gasteiger partial charge in [0.05, 0.1) is 19.2 Å². The van der Waals surface area contributed by atoms with Crippen molar-refractivity contribution < 1.29 is 22.7 Å². The van der Waals surface area contributed by atoms with Crippen molar-refractivity contribution in [1.29, 1.82) is 0 Å². The predicted octanol–water partition coefficient (Wildman–Crippen LogP) is -0.513. The van der Waals surface area contributed by atoms with Crippen LogP contribution in [0.25, 0.3) is 0 Å². The number of carbonyl (C=O) groups is 2. The molecule has 10 nitrogen and oxygen atoms in total. The number of fused-ring (bicyclic) bond motifs is 3. The van der Waals surface area contributed by atoms with E-state index in [-0.39, 0.29) is 17.0 Å². The van der Waals surface area contributed by atoms with E-state index in [0.29, 0.717) is 19.4 Å². The molecule has 2 saturated heterocycles. The molecule has 1 aliphatic carbocycles. The van der Waals surface area contributed by atoms with E-state index in [2.05, 4.69) is 15.0 Å². The lowest BCUT2D eigenvalue weighted by molar-refractivity contribution is -0.129. The second-order valence-electron chi connectivity index (χ2n) is 6.14. The fourth-order valence-electron chi connectivity index (χ4n) is 3.59. The molecule has 1 N–H and O–H groups in total. The van der Waals surface area contributed by atoms with Gasteiger partial charge >= 0.3 is 6.09 Å². The van der Waals surface area contributed by atoms with Crippen LogP contribution < -0.4 is 4.72 Å². The Morgan fingerprint density at radius 3 is 2.71 bits per heavy atom. The molecule has 132 valence electrons. The highest BCUT2D eigenvalue weighted by Gasteiger charge is 2.47. The van der Waals surface area contributed by atoms with Crippen molar-refractivity contribution in [2.24, 2.45) is 18.9 Å². The second-order valence-corrected chi connectivity index (χ2v) is 7.77. The Bertz CT molecular complexity index is 761. The van der Waals surface area contributed by atoms with Gasteiger partial charge in [-0.05, 0) is 25.2 Å². The van der Waals surface area contributed by atoms with Crippen molar-refractivity contribution in [3.8, 4) is 0 Å². The first kappa shape index (κ1) is 16.7. The number of hydrogen-bond acceptors (Lipinski definition) is 7. The Hall–Kier alpha value is -2.17. The summed E-state index contributed by atoms with van der Waals surface area (Å²) in [7, 11) is -1.34. The maximum Gasteiger partial charge on any atom is 0.409 e. The van der Waals surface area contributed by atoms with Crippen LogP contribution in [0.4, 0.5) is 4.79 Å². The van der Waals surface area contributed by atoms with E-state index in [9.17, 15) is 18.0 Å². The number of methoxy groups -OCH3 is 1. The summed E-state index contributed by atoms with van der Waals surface area (Å²) in [6.45, 7) is 0.541. The normalized spacial score (nSPS) is 26.2. The lowest BCUT2D eigenvalue weighted by atomic mass is 9.72. The highest BCUT2D eigenvalue weighted by molar-refractivity contribution is 7.90. The average Bonchev–Trinajstić information content (AvgIpc) is 3.01. The summed E-state index contributed by atoms with van der Waals surface area (Å²) >= 11 is 0. The predicted molar refractivity (Wildman–Crippen MR) is 80.1 cm³/mol. The van der Waals surface area contributed by atoms with E-state index in [0.717, 1.165) is 17.3 Å². The zero-order chi connectivity index (χ0) is 17.5. The van der Waals surface area contributed by atoms with Gasteiger partial charge in [0.15, 0.2) is 5.03 Å². The van der Waals surface area contributed by atoms with Gasteiger partial charge in [-0.25, -0.2) is 14.2 Å². The SMILES string of the molecule is COC(=O)N1CC2CCC1C(C(=O)NS(=O)(=O)c1cnnn1C)C2. The van der Waals surface area contributed by atoms with Crippen LogP contribution in [0, 0.1) is 11.8 Å². The van der Waals surface area contributed by atoms with Gasteiger partial charge in [-0.3, -0.25) is 4.79 Å². The van der Waals surface area contributed by atoms with Gasteiger partial charge < -0.3 is 9.64 Å². The molecular formula is C13H19N5O5S. The summed E-state index contributed by atoms with van der Waals surface area (Å²) in [5, 5.41) is 6.87. The molecule has 1 saturated carbocycles. The Morgan fingerprint density at radius 2 is 2.12 bits per heavy atom. The molecule has 3 heterocycles. The molecule has 0 spiro atoms. The van der Waals surface area contributed by atoms with Gasteiger partial charge in [-0.2, -0.15) is 8.42 Å². The Kier molecular flexibility index (Phi) is 4.20. The zero-order valence-corrected chi connectivity index (χ0v) is 14.2. The number of nitrogens with one attached hydrogen (secondary N) is 1. The van der Waals surface area contributed by atoms with Gasteiger partial charge in [-0.15, -0.1) is 5.10 Å². The Morgan fingerprint density at radius 1 is 1.38 bits per heavy atom. The Balaban J connectivity index is 1.78. The fourth-order valence-corrected chi connectivity index (χ4v) is 4.68. The molecule has 3 fully saturated rings. The fraction of sp³-hybridized carbons (Fsp3) is 0.692. The first-order chi connectivity index (χ1) is 11.3. The largest absolute Gasteiger partial charge is 0.453 e. The number of sulfonamides is 1. The second kappa shape index (κ2) is 6.04. The van der Waals surface area contributed by atoms with Crippen molar-refractivity contribution in [3.05, 3.63) is 6.20 Å². The summed E-state index contributed by atoms with van der Waals surface area (Å²) in [6.07, 6.45) is 2.72. The minimum atomic E-state index is -4.05. The van der Waals surface area contributed by atoms with E-state index in [1.165, 1.54) is 19.1 Å². The highest BCUT2D eigenvalue weighted by Crippen LogP contribution is 2.39. The molecule has 24 heavy (non-hydrogen) atoms. The van der Waals surface area contributed by atoms with Gasteiger partial charge in [0.25, 0.3) is 10.0 Å². The summed E-state index contributed by atoms with van der Waals surface area (Å²) in [5.74, 6) is -1.02. The van der Waals surface area contributed by atoms with Gasteiger partial charge in [0, 0.05) is 19.6 Å². The number of piperidine rings is 2. The lowest BCUT2D eigenvalue weighted by Crippen LogP contribution is -2.59. The van der Waals surface area contributed by atoms with Crippen LogP contribution in [0.1, 0.15) is 19.3 Å². The highest BCUT2D eigenvalue weighted by atomic mass is 32.2. The van der Waals surface area contributed by atoms with Crippen LogP contribution in [-0.2, 0) is 26.6 Å². The van der Waals surface area contributed by atoms with Crippen molar-refractivity contribution in [2.75, 3.05) is 13.7 Å². The maximum absolute atomic E-state index is 12.5. The van der Waals surface area contributed by atoms with Crippen molar-refractivity contribution in [2.45, 2.75) is 30.3 Å². The molecule has 1 aromatic heterocycles. The number of ether oxygens (including phenoxy) is 1. The van der Waals surface area contributed by atoms with Crippen LogP contribution in [-0.4, -0.2) is 60.0 Å². The van der Waals surface area contributed by atoms with Crippen LogP contribution >= 0.6 is 0 Å². The summed E-state index contributed by atoms with van der Waals surface area (Å²) in [4.78, 5) is 26.0. The van der Waals surface area contributed by atoms with Crippen molar-refractivity contribution in [3.63, 3.8) is 0 Å². The standard InChI is InChI=1S/C13H19N5O5S/c1-17-11(6-14-16-17)24(21,22)15-12(19)9-5-8-3-4-10(9)18(7-8)13(20)23-2/h6,8-10H,3-5,7H2,1-2H3,(H,15,19). The van der Waals surface area contributed by atoms with E-state index < -0.39 is 27.9 Å². The molecule has 3 aliphatic rings. The molecule has 0 radical (unpaired) electrons. The number of nitrogens with zero attached hydrogens (tertiary/aromatic N) is 4. The molecule has 3 unspecified atom stereocenters. The number of carbonyl (C=O) groups excluding carboxylic acids is 2. The third kappa shape index (κ3) is 2.83. The molecular weight excluding hydrogens is 338 g/mol. The topological polar surface area (TPSA) is 123 Å². The van der Waals surface area contributed by atoms with Gasteiger partial charge in [-0.1, -0.05) is 5.21 Å². The third-order valence-electron chi connectivity index (χ3n) is 4.71. The monoisotopic (exact) mass is 357 g/mol. The zero-order valence-electron chi connectivity index (χ0n) is 13.4. The van der Waals surface area contributed by atoms with E-state index in [1.54, 1.807) is 0 Å². The first-order valence-electron chi connectivity index (χ1n) is 7.59. The third-order valence-corrected chi connectivity index (χ3v) is 6.10. The van der Waals surface area contributed by atoms with Crippen LogP contribution in [0.15, 0.2) is 11.2 Å². The summed E-state index contributed by atoms with van der Waals surface area (Å²) < 4.78 is 32.5. The smallest absolute Gasteiger partial charge is 0.409 e. The van der Waals surface area contributed by atoms with Crippen molar-refractivity contribution in [1.82, 2.24) is 24.6 Å². The number of hydrogen-bond donors (Lipinski definition) is 1. The van der Waals surface area contributed by atoms with Crippen LogP contribution in [0.3, 0.4) is 0 Å². The number of aromatic nitrogens is 3. The molecule has 11 heteroatoms.